The summed E-state index contributed by atoms with van der Waals surface area (Å²) in [6, 6.07) is 50.3. The SMILES string of the molecule is c1ccc(-c2c3ccc4ccccc4c3n3c4ccccc4n4c(nc5c6ccccc6c6ccccc6c54)c23)cc1. The van der Waals surface area contributed by atoms with Crippen molar-refractivity contribution in [2.75, 3.05) is 0 Å². The second kappa shape index (κ2) is 7.96. The first-order valence-corrected chi connectivity index (χ1v) is 14.4. The minimum atomic E-state index is 0.976. The molecule has 3 heteroatoms. The lowest BCUT2D eigenvalue weighted by Crippen LogP contribution is -1.98. The lowest BCUT2D eigenvalue weighted by atomic mass is 10.00. The van der Waals surface area contributed by atoms with Crippen LogP contribution >= 0.6 is 0 Å². The standard InChI is InChI=1S/C39H23N3/c1-2-13-25(14-3-1)34-31-23-22-24-12-4-5-15-26(24)36(31)41-32-20-10-11-21-33(32)42-37-30-19-9-7-17-28(30)27-16-6-8-18-29(27)35(37)40-39(42)38(34)41/h1-23H. The van der Waals surface area contributed by atoms with Gasteiger partial charge in [-0.05, 0) is 33.9 Å². The van der Waals surface area contributed by atoms with E-state index in [9.17, 15) is 0 Å². The van der Waals surface area contributed by atoms with Crippen LogP contribution in [0.5, 0.6) is 0 Å². The van der Waals surface area contributed by atoms with Crippen LogP contribution in [0.25, 0.3) is 87.6 Å². The number of fused-ring (bicyclic) bond motifs is 17. The van der Waals surface area contributed by atoms with Crippen LogP contribution in [0.15, 0.2) is 140 Å². The van der Waals surface area contributed by atoms with Crippen LogP contribution in [0.4, 0.5) is 0 Å². The molecular weight excluding hydrogens is 510 g/mol. The van der Waals surface area contributed by atoms with Crippen LogP contribution in [-0.2, 0) is 0 Å². The summed E-state index contributed by atoms with van der Waals surface area (Å²) >= 11 is 0. The van der Waals surface area contributed by atoms with Crippen LogP contribution in [0.1, 0.15) is 0 Å². The van der Waals surface area contributed by atoms with Gasteiger partial charge < -0.3 is 4.40 Å². The van der Waals surface area contributed by atoms with Crippen LogP contribution in [0, 0.1) is 0 Å². The Morgan fingerprint density at radius 2 is 0.976 bits per heavy atom. The van der Waals surface area contributed by atoms with Gasteiger partial charge in [-0.15, -0.1) is 0 Å². The van der Waals surface area contributed by atoms with Gasteiger partial charge in [0.25, 0.3) is 0 Å². The summed E-state index contributed by atoms with van der Waals surface area (Å²) in [5.41, 5.74) is 10.3. The third-order valence-electron chi connectivity index (χ3n) is 9.02. The molecule has 0 radical (unpaired) electrons. The van der Waals surface area contributed by atoms with Gasteiger partial charge in [-0.1, -0.05) is 127 Å². The highest BCUT2D eigenvalue weighted by atomic mass is 15.1. The number of benzene rings is 7. The summed E-state index contributed by atoms with van der Waals surface area (Å²) in [5.74, 6) is 0. The normalized spacial score (nSPS) is 12.3. The van der Waals surface area contributed by atoms with E-state index in [0.29, 0.717) is 0 Å². The maximum absolute atomic E-state index is 5.58. The highest BCUT2D eigenvalue weighted by Crippen LogP contribution is 2.44. The van der Waals surface area contributed by atoms with Gasteiger partial charge in [0.2, 0.25) is 0 Å². The van der Waals surface area contributed by atoms with Crippen molar-refractivity contribution in [3.63, 3.8) is 0 Å². The molecule has 0 atom stereocenters. The van der Waals surface area contributed by atoms with Crippen molar-refractivity contribution in [1.82, 2.24) is 13.8 Å². The highest BCUT2D eigenvalue weighted by Gasteiger charge is 2.24. The van der Waals surface area contributed by atoms with Crippen LogP contribution in [0.2, 0.25) is 0 Å². The second-order valence-electron chi connectivity index (χ2n) is 11.2. The Balaban J connectivity index is 1.61. The van der Waals surface area contributed by atoms with Gasteiger partial charge in [0.1, 0.15) is 0 Å². The fourth-order valence-corrected chi connectivity index (χ4v) is 7.34. The van der Waals surface area contributed by atoms with Crippen molar-refractivity contribution in [3.8, 4) is 11.1 Å². The molecule has 3 aromatic heterocycles. The number of nitrogens with zero attached hydrogens (tertiary/aromatic N) is 3. The average molecular weight is 534 g/mol. The maximum atomic E-state index is 5.58. The van der Waals surface area contributed by atoms with E-state index in [-0.39, 0.29) is 0 Å². The van der Waals surface area contributed by atoms with Crippen molar-refractivity contribution in [2.24, 2.45) is 0 Å². The van der Waals surface area contributed by atoms with Crippen LogP contribution < -0.4 is 0 Å². The summed E-state index contributed by atoms with van der Waals surface area (Å²) in [5, 5.41) is 8.60. The topological polar surface area (TPSA) is 21.7 Å². The summed E-state index contributed by atoms with van der Waals surface area (Å²) in [4.78, 5) is 5.58. The Kier molecular flexibility index (Phi) is 4.18. The number of rotatable bonds is 1. The minimum absolute atomic E-state index is 0.976. The number of hydrogen-bond acceptors (Lipinski definition) is 1. The molecule has 194 valence electrons. The molecule has 3 nitrogen and oxygen atoms in total. The molecule has 0 saturated carbocycles. The smallest absolute Gasteiger partial charge is 0.163 e. The van der Waals surface area contributed by atoms with E-state index in [1.165, 1.54) is 59.9 Å². The van der Waals surface area contributed by atoms with Gasteiger partial charge in [0.15, 0.2) is 5.65 Å². The maximum Gasteiger partial charge on any atom is 0.163 e. The van der Waals surface area contributed by atoms with Gasteiger partial charge >= 0.3 is 0 Å². The summed E-state index contributed by atoms with van der Waals surface area (Å²) in [6.45, 7) is 0. The molecule has 0 unspecified atom stereocenters. The molecule has 0 spiro atoms. The zero-order valence-corrected chi connectivity index (χ0v) is 22.6. The summed E-state index contributed by atoms with van der Waals surface area (Å²) in [7, 11) is 0. The predicted octanol–water partition coefficient (Wildman–Crippen LogP) is 10.2. The Hall–Kier alpha value is -5.67. The number of hydrogen-bond donors (Lipinski definition) is 0. The quantitative estimate of drug-likeness (QED) is 0.192. The molecule has 0 aliphatic heterocycles. The van der Waals surface area contributed by atoms with E-state index >= 15 is 0 Å². The van der Waals surface area contributed by atoms with Crippen molar-refractivity contribution >= 4 is 76.5 Å². The first-order valence-electron chi connectivity index (χ1n) is 14.4. The van der Waals surface area contributed by atoms with E-state index in [1.54, 1.807) is 0 Å². The Bertz CT molecular complexity index is 2730. The number of aromatic nitrogens is 3. The average Bonchev–Trinajstić information content (AvgIpc) is 3.63. The lowest BCUT2D eigenvalue weighted by Gasteiger charge is -2.12. The van der Waals surface area contributed by atoms with Gasteiger partial charge in [0.05, 0.1) is 33.1 Å². The van der Waals surface area contributed by atoms with Crippen molar-refractivity contribution < 1.29 is 0 Å². The predicted molar refractivity (Wildman–Crippen MR) is 177 cm³/mol. The minimum Gasteiger partial charge on any atom is -0.303 e. The summed E-state index contributed by atoms with van der Waals surface area (Å²) < 4.78 is 4.89. The van der Waals surface area contributed by atoms with Gasteiger partial charge in [0, 0.05) is 27.1 Å². The van der Waals surface area contributed by atoms with E-state index in [0.717, 1.165) is 27.7 Å². The zero-order valence-electron chi connectivity index (χ0n) is 22.6. The van der Waals surface area contributed by atoms with Gasteiger partial charge in [-0.25, -0.2) is 4.98 Å². The first-order chi connectivity index (χ1) is 20.9. The van der Waals surface area contributed by atoms with E-state index < -0.39 is 0 Å². The fourth-order valence-electron chi connectivity index (χ4n) is 7.34. The molecule has 0 amide bonds. The van der Waals surface area contributed by atoms with Gasteiger partial charge in [-0.3, -0.25) is 4.40 Å². The molecule has 0 aliphatic carbocycles. The van der Waals surface area contributed by atoms with Crippen molar-refractivity contribution in [2.45, 2.75) is 0 Å². The van der Waals surface area contributed by atoms with Crippen molar-refractivity contribution in [3.05, 3.63) is 140 Å². The van der Waals surface area contributed by atoms with Crippen molar-refractivity contribution in [1.29, 1.82) is 0 Å². The Labute approximate surface area is 240 Å². The molecule has 10 aromatic rings. The molecule has 42 heavy (non-hydrogen) atoms. The molecule has 0 bridgehead atoms. The Morgan fingerprint density at radius 1 is 0.381 bits per heavy atom. The first kappa shape index (κ1) is 22.1. The summed E-state index contributed by atoms with van der Waals surface area (Å²) in [6.07, 6.45) is 0. The fraction of sp³-hybridized carbons (Fsp3) is 0. The molecule has 0 fully saturated rings. The lowest BCUT2D eigenvalue weighted by molar-refractivity contribution is 1.23. The molecule has 7 aromatic carbocycles. The zero-order chi connectivity index (χ0) is 27.4. The molecule has 0 aliphatic rings. The van der Waals surface area contributed by atoms with Gasteiger partial charge in [-0.2, -0.15) is 0 Å². The van der Waals surface area contributed by atoms with E-state index in [2.05, 4.69) is 148 Å². The van der Waals surface area contributed by atoms with E-state index in [1.807, 2.05) is 0 Å². The third-order valence-corrected chi connectivity index (χ3v) is 9.02. The molecular formula is C39H23N3. The van der Waals surface area contributed by atoms with Crippen LogP contribution in [-0.4, -0.2) is 13.8 Å². The molecule has 10 rings (SSSR count). The number of para-hydroxylation sites is 2. The number of imidazole rings is 1. The molecule has 3 heterocycles. The highest BCUT2D eigenvalue weighted by molar-refractivity contribution is 6.26. The van der Waals surface area contributed by atoms with Crippen LogP contribution in [0.3, 0.4) is 0 Å². The third kappa shape index (κ3) is 2.68. The molecule has 0 saturated heterocycles. The second-order valence-corrected chi connectivity index (χ2v) is 11.2. The molecule has 0 N–H and O–H groups in total. The monoisotopic (exact) mass is 533 g/mol. The van der Waals surface area contributed by atoms with E-state index in [4.69, 9.17) is 4.98 Å². The Morgan fingerprint density at radius 3 is 1.76 bits per heavy atom. The largest absolute Gasteiger partial charge is 0.303 e.